The van der Waals surface area contributed by atoms with E-state index >= 15 is 0 Å². The van der Waals surface area contributed by atoms with Crippen LogP contribution in [0.5, 0.6) is 0 Å². The van der Waals surface area contributed by atoms with Gasteiger partial charge >= 0.3 is 0 Å². The summed E-state index contributed by atoms with van der Waals surface area (Å²) < 4.78 is 28.0. The largest absolute Gasteiger partial charge is 0.268 e. The van der Waals surface area contributed by atoms with Gasteiger partial charge in [-0.05, 0) is 42.5 Å². The van der Waals surface area contributed by atoms with E-state index in [1.807, 2.05) is 0 Å². The van der Waals surface area contributed by atoms with Gasteiger partial charge in [0.05, 0.1) is 18.0 Å². The van der Waals surface area contributed by atoms with E-state index in [0.717, 1.165) is 30.5 Å². The minimum atomic E-state index is -3.48. The Hall–Kier alpha value is -1.70. The average molecular weight is 368 g/mol. The van der Waals surface area contributed by atoms with Gasteiger partial charge in [0.2, 0.25) is 10.0 Å². The van der Waals surface area contributed by atoms with Gasteiger partial charge in [-0.2, -0.15) is 5.10 Å². The van der Waals surface area contributed by atoms with Crippen LogP contribution in [0.25, 0.3) is 0 Å². The summed E-state index contributed by atoms with van der Waals surface area (Å²) in [6.45, 7) is 0.341. The Morgan fingerprint density at radius 1 is 1.21 bits per heavy atom. The molecule has 0 saturated heterocycles. The van der Waals surface area contributed by atoms with Crippen LogP contribution in [0.4, 0.5) is 0 Å². The first-order valence-corrected chi connectivity index (χ1v) is 9.78. The third-order valence-corrected chi connectivity index (χ3v) is 5.55. The summed E-state index contributed by atoms with van der Waals surface area (Å²) >= 11 is 5.78. The zero-order chi connectivity index (χ0) is 17.2. The summed E-state index contributed by atoms with van der Waals surface area (Å²) in [6, 6.07) is 8.26. The van der Waals surface area contributed by atoms with E-state index in [4.69, 9.17) is 11.6 Å². The van der Waals surface area contributed by atoms with E-state index in [1.54, 1.807) is 30.3 Å². The fourth-order valence-electron chi connectivity index (χ4n) is 2.76. The first kappa shape index (κ1) is 17.1. The molecule has 2 aromatic rings. The molecule has 0 unspecified atom stereocenters. The van der Waals surface area contributed by atoms with Gasteiger partial charge < -0.3 is 0 Å². The predicted molar refractivity (Wildman–Crippen MR) is 92.6 cm³/mol. The fourth-order valence-corrected chi connectivity index (χ4v) is 4.02. The van der Waals surface area contributed by atoms with Gasteiger partial charge in [0, 0.05) is 17.6 Å². The van der Waals surface area contributed by atoms with Crippen LogP contribution in [0.1, 0.15) is 23.2 Å². The first-order valence-electron chi connectivity index (χ1n) is 7.75. The molecule has 0 spiro atoms. The van der Waals surface area contributed by atoms with Gasteiger partial charge in [-0.25, -0.2) is 17.8 Å². The number of sulfonamides is 1. The van der Waals surface area contributed by atoms with Gasteiger partial charge in [-0.15, -0.1) is 0 Å². The first-order chi connectivity index (χ1) is 11.4. The van der Waals surface area contributed by atoms with Crippen LogP contribution in [0.3, 0.4) is 0 Å². The number of rotatable bonds is 6. The standard InChI is InChI=1S/C16H18ClN3O3S/c17-14-6-4-12(5-7-14)11-24(22,23)18-8-9-20-16(21)10-13-2-1-3-15(13)19-20/h4-7,10,18H,1-3,8-9,11H2. The number of fused-ring (bicyclic) bond motifs is 1. The molecule has 0 aliphatic heterocycles. The molecule has 1 aromatic carbocycles. The maximum absolute atomic E-state index is 12.1. The number of hydrogen-bond donors (Lipinski definition) is 1. The fraction of sp³-hybridized carbons (Fsp3) is 0.375. The Morgan fingerprint density at radius 2 is 1.96 bits per heavy atom. The normalized spacial score (nSPS) is 13.9. The maximum atomic E-state index is 12.1. The van der Waals surface area contributed by atoms with Crippen molar-refractivity contribution in [2.75, 3.05) is 6.54 Å². The SMILES string of the molecule is O=c1cc2c(nn1CCNS(=O)(=O)Cc1ccc(Cl)cc1)CCC2. The molecule has 0 amide bonds. The third kappa shape index (κ3) is 4.23. The van der Waals surface area contributed by atoms with Crippen LogP contribution in [0, 0.1) is 0 Å². The summed E-state index contributed by atoms with van der Waals surface area (Å²) in [5.41, 5.74) is 2.42. The second-order valence-electron chi connectivity index (χ2n) is 5.81. The second-order valence-corrected chi connectivity index (χ2v) is 8.05. The monoisotopic (exact) mass is 367 g/mol. The van der Waals surface area contributed by atoms with Crippen molar-refractivity contribution in [2.45, 2.75) is 31.6 Å². The van der Waals surface area contributed by atoms with Crippen LogP contribution in [0.15, 0.2) is 35.1 Å². The highest BCUT2D eigenvalue weighted by Crippen LogP contribution is 2.16. The van der Waals surface area contributed by atoms with E-state index in [-0.39, 0.29) is 24.4 Å². The zero-order valence-corrected chi connectivity index (χ0v) is 14.6. The molecule has 1 aromatic heterocycles. The van der Waals surface area contributed by atoms with Crippen molar-refractivity contribution in [3.63, 3.8) is 0 Å². The molecule has 24 heavy (non-hydrogen) atoms. The van der Waals surface area contributed by atoms with Crippen molar-refractivity contribution < 1.29 is 8.42 Å². The molecule has 3 rings (SSSR count). The molecule has 8 heteroatoms. The Morgan fingerprint density at radius 3 is 2.71 bits per heavy atom. The Bertz CT molecular complexity index is 892. The number of aromatic nitrogens is 2. The summed E-state index contributed by atoms with van der Waals surface area (Å²) in [5, 5.41) is 4.88. The van der Waals surface area contributed by atoms with E-state index in [9.17, 15) is 13.2 Å². The number of aryl methyl sites for hydroxylation is 2. The minimum absolute atomic E-state index is 0.127. The van der Waals surface area contributed by atoms with Crippen molar-refractivity contribution in [1.82, 2.24) is 14.5 Å². The van der Waals surface area contributed by atoms with Crippen LogP contribution < -0.4 is 10.3 Å². The molecular formula is C16H18ClN3O3S. The van der Waals surface area contributed by atoms with Gasteiger partial charge in [0.15, 0.2) is 0 Å². The lowest BCUT2D eigenvalue weighted by atomic mass is 10.2. The number of halogens is 1. The van der Waals surface area contributed by atoms with Crippen molar-refractivity contribution in [2.24, 2.45) is 0 Å². The smallest absolute Gasteiger partial charge is 0.267 e. The van der Waals surface area contributed by atoms with Crippen LogP contribution in [-0.2, 0) is 35.2 Å². The maximum Gasteiger partial charge on any atom is 0.267 e. The predicted octanol–water partition coefficient (Wildman–Crippen LogP) is 1.51. The summed E-state index contributed by atoms with van der Waals surface area (Å²) in [4.78, 5) is 12.0. The molecule has 0 bridgehead atoms. The van der Waals surface area contributed by atoms with Crippen LogP contribution in [-0.4, -0.2) is 24.7 Å². The summed E-state index contributed by atoms with van der Waals surface area (Å²) in [7, 11) is -3.48. The van der Waals surface area contributed by atoms with Crippen molar-refractivity contribution >= 4 is 21.6 Å². The van der Waals surface area contributed by atoms with Crippen LogP contribution in [0.2, 0.25) is 5.02 Å². The Kier molecular flexibility index (Phi) is 5.03. The van der Waals surface area contributed by atoms with E-state index in [2.05, 4.69) is 9.82 Å². The van der Waals surface area contributed by atoms with Crippen molar-refractivity contribution in [3.8, 4) is 0 Å². The highest BCUT2D eigenvalue weighted by Gasteiger charge is 2.15. The van der Waals surface area contributed by atoms with Crippen molar-refractivity contribution in [1.29, 1.82) is 0 Å². The van der Waals surface area contributed by atoms with Gasteiger partial charge in [0.25, 0.3) is 5.56 Å². The molecule has 0 fully saturated rings. The van der Waals surface area contributed by atoms with Gasteiger partial charge in [-0.3, -0.25) is 4.79 Å². The Balaban J connectivity index is 1.59. The minimum Gasteiger partial charge on any atom is -0.268 e. The highest BCUT2D eigenvalue weighted by molar-refractivity contribution is 7.88. The Labute approximate surface area is 145 Å². The number of benzene rings is 1. The molecule has 128 valence electrons. The number of nitrogens with one attached hydrogen (secondary N) is 1. The topological polar surface area (TPSA) is 81.1 Å². The molecule has 1 N–H and O–H groups in total. The molecule has 0 radical (unpaired) electrons. The molecule has 1 heterocycles. The molecule has 1 aliphatic rings. The quantitative estimate of drug-likeness (QED) is 0.839. The lowest BCUT2D eigenvalue weighted by molar-refractivity contribution is 0.541. The highest BCUT2D eigenvalue weighted by atomic mass is 35.5. The molecule has 1 aliphatic carbocycles. The van der Waals surface area contributed by atoms with E-state index in [0.29, 0.717) is 10.6 Å². The van der Waals surface area contributed by atoms with Crippen molar-refractivity contribution in [3.05, 3.63) is 62.5 Å². The van der Waals surface area contributed by atoms with Gasteiger partial charge in [-0.1, -0.05) is 23.7 Å². The summed E-state index contributed by atoms with van der Waals surface area (Å²) in [5.74, 6) is -0.128. The lowest BCUT2D eigenvalue weighted by Gasteiger charge is -2.09. The number of hydrogen-bond acceptors (Lipinski definition) is 4. The van der Waals surface area contributed by atoms with E-state index < -0.39 is 10.0 Å². The van der Waals surface area contributed by atoms with Crippen LogP contribution >= 0.6 is 11.6 Å². The molecule has 0 saturated carbocycles. The van der Waals surface area contributed by atoms with Gasteiger partial charge in [0.1, 0.15) is 0 Å². The lowest BCUT2D eigenvalue weighted by Crippen LogP contribution is -2.33. The van der Waals surface area contributed by atoms with E-state index in [1.165, 1.54) is 4.68 Å². The number of nitrogens with zero attached hydrogens (tertiary/aromatic N) is 2. The third-order valence-electron chi connectivity index (χ3n) is 3.94. The summed E-state index contributed by atoms with van der Waals surface area (Å²) in [6.07, 6.45) is 2.78. The zero-order valence-electron chi connectivity index (χ0n) is 13.0. The second kappa shape index (κ2) is 7.04. The molecule has 6 nitrogen and oxygen atoms in total. The molecular weight excluding hydrogens is 350 g/mol. The molecule has 0 atom stereocenters. The average Bonchev–Trinajstić information content (AvgIpc) is 2.96.